The van der Waals surface area contributed by atoms with E-state index in [0.717, 1.165) is 22.7 Å². The van der Waals surface area contributed by atoms with Crippen LogP contribution in [-0.4, -0.2) is 4.57 Å². The standard InChI is InChI=1S/C47H27NOS/c1-2-12-30-28(11-1)21-26-40-44(30)35-24-25-39-46(45(35)48(40)29-22-23-34-33-15-5-10-20-42(33)50-43(34)27-29)49-41-19-9-8-18-38(41)47(39)36-16-6-3-13-31(36)32-14-4-7-17-37(32)47/h1-27H. The van der Waals surface area contributed by atoms with E-state index in [1.807, 2.05) is 11.3 Å². The summed E-state index contributed by atoms with van der Waals surface area (Å²) < 4.78 is 12.3. The van der Waals surface area contributed by atoms with Gasteiger partial charge in [0.2, 0.25) is 0 Å². The van der Waals surface area contributed by atoms with Gasteiger partial charge in [-0.15, -0.1) is 11.3 Å². The number of nitrogens with zero attached hydrogens (tertiary/aromatic N) is 1. The van der Waals surface area contributed by atoms with Crippen LogP contribution in [0.25, 0.3) is 69.6 Å². The topological polar surface area (TPSA) is 14.2 Å². The molecule has 232 valence electrons. The molecule has 0 radical (unpaired) electrons. The number of aromatic nitrogens is 1. The van der Waals surface area contributed by atoms with Crippen molar-refractivity contribution in [3.63, 3.8) is 0 Å². The van der Waals surface area contributed by atoms with Crippen molar-refractivity contribution in [1.82, 2.24) is 4.57 Å². The Morgan fingerprint density at radius 2 is 1.14 bits per heavy atom. The zero-order valence-corrected chi connectivity index (χ0v) is 27.7. The predicted octanol–water partition coefficient (Wildman–Crippen LogP) is 12.8. The maximum absolute atomic E-state index is 7.23. The van der Waals surface area contributed by atoms with Gasteiger partial charge in [-0.25, -0.2) is 0 Å². The minimum Gasteiger partial charge on any atom is -0.454 e. The van der Waals surface area contributed by atoms with E-state index >= 15 is 0 Å². The highest BCUT2D eigenvalue weighted by Gasteiger charge is 2.51. The van der Waals surface area contributed by atoms with Crippen LogP contribution in [0.2, 0.25) is 0 Å². The molecule has 1 aliphatic carbocycles. The summed E-state index contributed by atoms with van der Waals surface area (Å²) in [5.41, 5.74) is 10.4. The molecule has 12 rings (SSSR count). The summed E-state index contributed by atoms with van der Waals surface area (Å²) in [4.78, 5) is 0. The zero-order chi connectivity index (χ0) is 32.6. The normalized spacial score (nSPS) is 13.9. The molecule has 0 amide bonds. The third-order valence-corrected chi connectivity index (χ3v) is 12.4. The summed E-state index contributed by atoms with van der Waals surface area (Å²) in [7, 11) is 0. The van der Waals surface area contributed by atoms with Crippen molar-refractivity contribution >= 4 is 64.1 Å². The van der Waals surface area contributed by atoms with E-state index in [1.54, 1.807) is 0 Å². The fourth-order valence-corrected chi connectivity index (χ4v) is 10.4. The number of ether oxygens (including phenoxy) is 1. The van der Waals surface area contributed by atoms with E-state index in [0.29, 0.717) is 0 Å². The Labute approximate surface area is 292 Å². The van der Waals surface area contributed by atoms with E-state index in [9.17, 15) is 0 Å². The van der Waals surface area contributed by atoms with Gasteiger partial charge in [-0.05, 0) is 63.4 Å². The summed E-state index contributed by atoms with van der Waals surface area (Å²) in [5.74, 6) is 1.82. The second kappa shape index (κ2) is 9.50. The van der Waals surface area contributed by atoms with Crippen molar-refractivity contribution in [3.05, 3.63) is 186 Å². The highest BCUT2D eigenvalue weighted by molar-refractivity contribution is 7.25. The number of rotatable bonds is 1. The smallest absolute Gasteiger partial charge is 0.156 e. The van der Waals surface area contributed by atoms with Gasteiger partial charge < -0.3 is 9.30 Å². The molecule has 0 atom stereocenters. The van der Waals surface area contributed by atoms with Crippen molar-refractivity contribution in [3.8, 4) is 28.3 Å². The van der Waals surface area contributed by atoms with Gasteiger partial charge in [0.25, 0.3) is 0 Å². The first-order valence-corrected chi connectivity index (χ1v) is 18.0. The molecule has 2 nitrogen and oxygen atoms in total. The minimum absolute atomic E-state index is 0.523. The zero-order valence-electron chi connectivity index (χ0n) is 26.9. The van der Waals surface area contributed by atoms with Crippen LogP contribution in [0.1, 0.15) is 22.3 Å². The van der Waals surface area contributed by atoms with Crippen molar-refractivity contribution in [1.29, 1.82) is 0 Å². The molecule has 2 aromatic heterocycles. The Bertz CT molecular complexity index is 3040. The van der Waals surface area contributed by atoms with Crippen LogP contribution in [-0.2, 0) is 5.41 Å². The minimum atomic E-state index is -0.523. The summed E-state index contributed by atoms with van der Waals surface area (Å²) in [5, 5.41) is 7.54. The summed E-state index contributed by atoms with van der Waals surface area (Å²) in [6.45, 7) is 0. The monoisotopic (exact) mass is 653 g/mol. The third kappa shape index (κ3) is 3.19. The molecule has 10 aromatic rings. The summed E-state index contributed by atoms with van der Waals surface area (Å²) >= 11 is 1.86. The Kier molecular flexibility index (Phi) is 5.08. The van der Waals surface area contributed by atoms with E-state index in [2.05, 4.69) is 168 Å². The fourth-order valence-electron chi connectivity index (χ4n) is 9.30. The molecule has 8 aromatic carbocycles. The van der Waals surface area contributed by atoms with E-state index in [1.165, 1.54) is 80.6 Å². The Hall–Kier alpha value is -6.16. The number of hydrogen-bond donors (Lipinski definition) is 0. The lowest BCUT2D eigenvalue weighted by Crippen LogP contribution is -2.32. The van der Waals surface area contributed by atoms with Crippen LogP contribution >= 0.6 is 11.3 Å². The van der Waals surface area contributed by atoms with Gasteiger partial charge in [0.15, 0.2) is 5.75 Å². The average Bonchev–Trinajstić information content (AvgIpc) is 3.82. The molecule has 0 saturated heterocycles. The Morgan fingerprint density at radius 1 is 0.480 bits per heavy atom. The maximum atomic E-state index is 7.23. The van der Waals surface area contributed by atoms with Crippen LogP contribution < -0.4 is 4.74 Å². The molecule has 3 heterocycles. The molecule has 0 bridgehead atoms. The lowest BCUT2D eigenvalue weighted by atomic mass is 9.66. The predicted molar refractivity (Wildman–Crippen MR) is 209 cm³/mol. The molecular formula is C47H27NOS. The first-order chi connectivity index (χ1) is 24.8. The summed E-state index contributed by atoms with van der Waals surface area (Å²) in [6, 6.07) is 60.3. The maximum Gasteiger partial charge on any atom is 0.156 e. The number of fused-ring (bicyclic) bond motifs is 18. The van der Waals surface area contributed by atoms with Crippen LogP contribution in [0.15, 0.2) is 164 Å². The van der Waals surface area contributed by atoms with Crippen molar-refractivity contribution in [2.24, 2.45) is 0 Å². The van der Waals surface area contributed by atoms with Crippen LogP contribution in [0, 0.1) is 0 Å². The van der Waals surface area contributed by atoms with Gasteiger partial charge in [0, 0.05) is 47.8 Å². The molecule has 3 heteroatoms. The van der Waals surface area contributed by atoms with Crippen LogP contribution in [0.4, 0.5) is 0 Å². The number of thiophene rings is 1. The molecule has 1 spiro atoms. The first kappa shape index (κ1) is 26.8. The van der Waals surface area contributed by atoms with Gasteiger partial charge in [0.05, 0.1) is 16.4 Å². The lowest BCUT2D eigenvalue weighted by Gasteiger charge is -2.39. The summed E-state index contributed by atoms with van der Waals surface area (Å²) in [6.07, 6.45) is 0. The van der Waals surface area contributed by atoms with Crippen LogP contribution in [0.5, 0.6) is 11.5 Å². The third-order valence-electron chi connectivity index (χ3n) is 11.3. The lowest BCUT2D eigenvalue weighted by molar-refractivity contribution is 0.440. The van der Waals surface area contributed by atoms with Crippen molar-refractivity contribution < 1.29 is 4.74 Å². The average molecular weight is 654 g/mol. The SMILES string of the molecule is c1ccc2c(c1)Oc1c(ccc3c4c5ccccc5ccc4n(-c4ccc5c(c4)sc4ccccc45)c13)C21c2ccccc2-c2ccccc21. The van der Waals surface area contributed by atoms with Crippen molar-refractivity contribution in [2.45, 2.75) is 5.41 Å². The molecule has 1 aliphatic heterocycles. The van der Waals surface area contributed by atoms with Crippen LogP contribution in [0.3, 0.4) is 0 Å². The second-order valence-electron chi connectivity index (χ2n) is 13.6. The van der Waals surface area contributed by atoms with Gasteiger partial charge in [0.1, 0.15) is 5.75 Å². The van der Waals surface area contributed by atoms with E-state index in [-0.39, 0.29) is 0 Å². The van der Waals surface area contributed by atoms with Gasteiger partial charge >= 0.3 is 0 Å². The number of hydrogen-bond acceptors (Lipinski definition) is 2. The molecule has 0 N–H and O–H groups in total. The molecular weight excluding hydrogens is 627 g/mol. The molecule has 2 aliphatic rings. The van der Waals surface area contributed by atoms with E-state index in [4.69, 9.17) is 4.74 Å². The second-order valence-corrected chi connectivity index (χ2v) is 14.7. The molecule has 0 fully saturated rings. The number of para-hydroxylation sites is 1. The first-order valence-electron chi connectivity index (χ1n) is 17.2. The molecule has 50 heavy (non-hydrogen) atoms. The van der Waals surface area contributed by atoms with Gasteiger partial charge in [-0.2, -0.15) is 0 Å². The molecule has 0 unspecified atom stereocenters. The van der Waals surface area contributed by atoms with E-state index < -0.39 is 5.41 Å². The quantitative estimate of drug-likeness (QED) is 0.172. The van der Waals surface area contributed by atoms with Crippen molar-refractivity contribution in [2.75, 3.05) is 0 Å². The van der Waals surface area contributed by atoms with Gasteiger partial charge in [-0.1, -0.05) is 133 Å². The Balaban J connectivity index is 1.27. The largest absolute Gasteiger partial charge is 0.454 e. The number of benzene rings is 8. The highest BCUT2D eigenvalue weighted by Crippen LogP contribution is 2.63. The highest BCUT2D eigenvalue weighted by atomic mass is 32.1. The fraction of sp³-hybridized carbons (Fsp3) is 0.0213. The molecule has 0 saturated carbocycles. The van der Waals surface area contributed by atoms with Gasteiger partial charge in [-0.3, -0.25) is 0 Å². The Morgan fingerprint density at radius 3 is 1.98 bits per heavy atom.